The van der Waals surface area contributed by atoms with Gasteiger partial charge in [0.05, 0.1) is 12.3 Å². The Morgan fingerprint density at radius 3 is 2.52 bits per heavy atom. The average molecular weight is 327 g/mol. The summed E-state index contributed by atoms with van der Waals surface area (Å²) < 4.78 is 22.9. The van der Waals surface area contributed by atoms with Crippen molar-refractivity contribution in [1.82, 2.24) is 4.90 Å². The van der Waals surface area contributed by atoms with Crippen LogP contribution >= 0.6 is 11.8 Å². The van der Waals surface area contributed by atoms with Gasteiger partial charge in [-0.25, -0.2) is 13.4 Å². The first-order chi connectivity index (χ1) is 9.96. The Balaban J connectivity index is 2.08. The summed E-state index contributed by atoms with van der Waals surface area (Å²) in [4.78, 5) is 6.50. The second kappa shape index (κ2) is 7.17. The molecule has 0 amide bonds. The smallest absolute Gasteiger partial charge is 0.191 e. The predicted octanol–water partition coefficient (Wildman–Crippen LogP) is 1.09. The minimum Gasteiger partial charge on any atom is -0.370 e. The van der Waals surface area contributed by atoms with Crippen LogP contribution in [-0.4, -0.2) is 50.1 Å². The summed E-state index contributed by atoms with van der Waals surface area (Å²) in [6, 6.07) is 7.48. The van der Waals surface area contributed by atoms with Crippen molar-refractivity contribution in [3.8, 4) is 0 Å². The van der Waals surface area contributed by atoms with Crippen LogP contribution in [0.4, 0.5) is 0 Å². The van der Waals surface area contributed by atoms with Crippen LogP contribution in [0.3, 0.4) is 0 Å². The lowest BCUT2D eigenvalue weighted by Crippen LogP contribution is -2.42. The number of thioether (sulfide) groups is 1. The summed E-state index contributed by atoms with van der Waals surface area (Å²) in [5.74, 6) is 2.73. The summed E-state index contributed by atoms with van der Waals surface area (Å²) in [5, 5.41) is 0. The molecule has 1 aliphatic rings. The molecule has 0 saturated carbocycles. The zero-order chi connectivity index (χ0) is 15.3. The molecule has 2 N–H and O–H groups in total. The SMILES string of the molecule is CS(=O)(=O)Cc1ccccc1CN=C(N)N1CCSCC1. The molecule has 1 fully saturated rings. The molecule has 0 radical (unpaired) electrons. The Labute approximate surface area is 130 Å². The van der Waals surface area contributed by atoms with Crippen LogP contribution in [-0.2, 0) is 22.1 Å². The van der Waals surface area contributed by atoms with Crippen molar-refractivity contribution < 1.29 is 8.42 Å². The van der Waals surface area contributed by atoms with Crippen LogP contribution in [0.2, 0.25) is 0 Å². The van der Waals surface area contributed by atoms with E-state index in [1.807, 2.05) is 36.0 Å². The highest BCUT2D eigenvalue weighted by molar-refractivity contribution is 7.99. The second-order valence-corrected chi connectivity index (χ2v) is 8.48. The van der Waals surface area contributed by atoms with E-state index >= 15 is 0 Å². The number of hydrogen-bond donors (Lipinski definition) is 1. The third-order valence-corrected chi connectivity index (χ3v) is 5.06. The third kappa shape index (κ3) is 5.24. The van der Waals surface area contributed by atoms with Gasteiger partial charge in [0.2, 0.25) is 0 Å². The molecular weight excluding hydrogens is 306 g/mol. The van der Waals surface area contributed by atoms with Crippen LogP contribution < -0.4 is 5.73 Å². The Kier molecular flexibility index (Phi) is 5.52. The van der Waals surface area contributed by atoms with Crippen molar-refractivity contribution in [3.05, 3.63) is 35.4 Å². The Morgan fingerprint density at radius 2 is 1.90 bits per heavy atom. The van der Waals surface area contributed by atoms with E-state index in [2.05, 4.69) is 9.89 Å². The normalized spacial score (nSPS) is 17.0. The summed E-state index contributed by atoms with van der Waals surface area (Å²) in [5.41, 5.74) is 7.73. The molecule has 1 aromatic carbocycles. The maximum atomic E-state index is 11.5. The zero-order valence-electron chi connectivity index (χ0n) is 12.2. The molecule has 1 aromatic rings. The van der Waals surface area contributed by atoms with E-state index in [1.54, 1.807) is 0 Å². The molecule has 0 aromatic heterocycles. The van der Waals surface area contributed by atoms with Gasteiger partial charge < -0.3 is 10.6 Å². The lowest BCUT2D eigenvalue weighted by molar-refractivity contribution is 0.455. The third-order valence-electron chi connectivity index (χ3n) is 3.28. The molecule has 0 aliphatic carbocycles. The lowest BCUT2D eigenvalue weighted by Gasteiger charge is -2.27. The average Bonchev–Trinajstić information content (AvgIpc) is 2.45. The number of nitrogens with two attached hydrogens (primary N) is 1. The summed E-state index contributed by atoms with van der Waals surface area (Å²) in [6.45, 7) is 2.26. The molecule has 7 heteroatoms. The van der Waals surface area contributed by atoms with E-state index < -0.39 is 9.84 Å². The number of sulfone groups is 1. The quantitative estimate of drug-likeness (QED) is 0.662. The first kappa shape index (κ1) is 16.2. The van der Waals surface area contributed by atoms with Gasteiger partial charge >= 0.3 is 0 Å². The summed E-state index contributed by atoms with van der Waals surface area (Å²) >= 11 is 1.92. The van der Waals surface area contributed by atoms with Crippen LogP contribution in [0.5, 0.6) is 0 Å². The van der Waals surface area contributed by atoms with Crippen molar-refractivity contribution in [2.75, 3.05) is 30.9 Å². The van der Waals surface area contributed by atoms with Gasteiger partial charge in [-0.15, -0.1) is 0 Å². The first-order valence-corrected chi connectivity index (χ1v) is 10.0. The topological polar surface area (TPSA) is 75.8 Å². The number of rotatable bonds is 4. The van der Waals surface area contributed by atoms with E-state index in [0.717, 1.165) is 35.7 Å². The van der Waals surface area contributed by atoms with Crippen LogP contribution in [0, 0.1) is 0 Å². The Morgan fingerprint density at radius 1 is 1.29 bits per heavy atom. The monoisotopic (exact) mass is 327 g/mol. The molecule has 1 saturated heterocycles. The largest absolute Gasteiger partial charge is 0.370 e. The molecule has 21 heavy (non-hydrogen) atoms. The molecule has 0 bridgehead atoms. The highest BCUT2D eigenvalue weighted by atomic mass is 32.2. The van der Waals surface area contributed by atoms with Gasteiger partial charge in [0, 0.05) is 30.9 Å². The minimum atomic E-state index is -3.05. The van der Waals surface area contributed by atoms with Crippen LogP contribution in [0.25, 0.3) is 0 Å². The number of aliphatic imine (C=N–C) groups is 1. The minimum absolute atomic E-state index is 0.0406. The Hall–Kier alpha value is -1.21. The van der Waals surface area contributed by atoms with Crippen LogP contribution in [0.15, 0.2) is 29.3 Å². The van der Waals surface area contributed by atoms with Gasteiger partial charge in [-0.1, -0.05) is 24.3 Å². The van der Waals surface area contributed by atoms with E-state index in [-0.39, 0.29) is 5.75 Å². The van der Waals surface area contributed by atoms with Gasteiger partial charge in [-0.2, -0.15) is 11.8 Å². The highest BCUT2D eigenvalue weighted by Crippen LogP contribution is 2.14. The molecule has 2 rings (SSSR count). The fourth-order valence-electron chi connectivity index (χ4n) is 2.19. The molecule has 5 nitrogen and oxygen atoms in total. The predicted molar refractivity (Wildman–Crippen MR) is 89.2 cm³/mol. The maximum Gasteiger partial charge on any atom is 0.191 e. The molecule has 1 aliphatic heterocycles. The number of hydrogen-bond acceptors (Lipinski definition) is 4. The highest BCUT2D eigenvalue weighted by Gasteiger charge is 2.13. The molecule has 0 spiro atoms. The van der Waals surface area contributed by atoms with Gasteiger partial charge in [0.15, 0.2) is 15.8 Å². The fourth-order valence-corrected chi connectivity index (χ4v) is 3.94. The molecule has 116 valence electrons. The van der Waals surface area contributed by atoms with Gasteiger partial charge in [0.1, 0.15) is 0 Å². The second-order valence-electron chi connectivity index (χ2n) is 5.11. The summed E-state index contributed by atoms with van der Waals surface area (Å²) in [6.07, 6.45) is 1.24. The molecule has 0 atom stereocenters. The van der Waals surface area contributed by atoms with Crippen LogP contribution in [0.1, 0.15) is 11.1 Å². The molecule has 1 heterocycles. The van der Waals surface area contributed by atoms with Crippen molar-refractivity contribution in [1.29, 1.82) is 0 Å². The number of nitrogens with zero attached hydrogens (tertiary/aromatic N) is 2. The van der Waals surface area contributed by atoms with Crippen molar-refractivity contribution >= 4 is 27.6 Å². The molecule has 0 unspecified atom stereocenters. The molecular formula is C14H21N3O2S2. The van der Waals surface area contributed by atoms with E-state index in [1.165, 1.54) is 6.26 Å². The zero-order valence-corrected chi connectivity index (χ0v) is 13.8. The van der Waals surface area contributed by atoms with E-state index in [0.29, 0.717) is 12.5 Å². The number of benzene rings is 1. The van der Waals surface area contributed by atoms with Crippen molar-refractivity contribution in [2.24, 2.45) is 10.7 Å². The van der Waals surface area contributed by atoms with Crippen molar-refractivity contribution in [3.63, 3.8) is 0 Å². The maximum absolute atomic E-state index is 11.5. The fraction of sp³-hybridized carbons (Fsp3) is 0.500. The lowest BCUT2D eigenvalue weighted by atomic mass is 10.1. The van der Waals surface area contributed by atoms with E-state index in [9.17, 15) is 8.42 Å². The summed E-state index contributed by atoms with van der Waals surface area (Å²) in [7, 11) is -3.05. The van der Waals surface area contributed by atoms with Crippen molar-refractivity contribution in [2.45, 2.75) is 12.3 Å². The number of guanidine groups is 1. The van der Waals surface area contributed by atoms with Gasteiger partial charge in [-0.05, 0) is 11.1 Å². The van der Waals surface area contributed by atoms with Gasteiger partial charge in [0.25, 0.3) is 0 Å². The standard InChI is InChI=1S/C14H21N3O2S2/c1-21(18,19)11-13-5-3-2-4-12(13)10-16-14(15)17-6-8-20-9-7-17/h2-5H,6-11H2,1H3,(H2,15,16). The first-order valence-electron chi connectivity index (χ1n) is 6.83. The van der Waals surface area contributed by atoms with E-state index in [4.69, 9.17) is 5.73 Å². The van der Waals surface area contributed by atoms with Gasteiger partial charge in [-0.3, -0.25) is 0 Å². The Bertz CT molecular complexity index is 608.